The summed E-state index contributed by atoms with van der Waals surface area (Å²) in [5, 5.41) is 5.30. The molecule has 0 saturated carbocycles. The fourth-order valence-electron chi connectivity index (χ4n) is 3.40. The zero-order chi connectivity index (χ0) is 22.1. The highest BCUT2D eigenvalue weighted by Gasteiger charge is 2.19. The van der Waals surface area contributed by atoms with Crippen LogP contribution in [-0.4, -0.2) is 15.5 Å². The fourth-order valence-corrected chi connectivity index (χ4v) is 6.17. The van der Waals surface area contributed by atoms with Crippen LogP contribution in [0.4, 0.5) is 0 Å². The summed E-state index contributed by atoms with van der Waals surface area (Å²) in [7, 11) is 0. The van der Waals surface area contributed by atoms with Crippen LogP contribution in [0.15, 0.2) is 87.4 Å². The largest absolute Gasteiger partial charge is 0.366 e. The van der Waals surface area contributed by atoms with Crippen LogP contribution in [-0.2, 0) is 5.75 Å². The van der Waals surface area contributed by atoms with Gasteiger partial charge < -0.3 is 5.73 Å². The van der Waals surface area contributed by atoms with Crippen molar-refractivity contribution in [1.29, 1.82) is 0 Å². The summed E-state index contributed by atoms with van der Waals surface area (Å²) in [6.45, 7) is 0. The molecule has 0 radical (unpaired) electrons. The lowest BCUT2D eigenvalue weighted by molar-refractivity contribution is 0.100. The first-order valence-corrected chi connectivity index (χ1v) is 12.5. The van der Waals surface area contributed by atoms with E-state index in [9.17, 15) is 9.59 Å². The summed E-state index contributed by atoms with van der Waals surface area (Å²) >= 11 is 4.59. The molecule has 158 valence electrons. The van der Waals surface area contributed by atoms with Gasteiger partial charge in [0.2, 0.25) is 5.91 Å². The van der Waals surface area contributed by atoms with E-state index in [-0.39, 0.29) is 5.56 Å². The monoisotopic (exact) mass is 475 g/mol. The number of rotatable bonds is 6. The van der Waals surface area contributed by atoms with Gasteiger partial charge in [-0.2, -0.15) is 0 Å². The molecule has 2 N–H and O–H groups in total. The van der Waals surface area contributed by atoms with Crippen LogP contribution in [0, 0.1) is 0 Å². The minimum Gasteiger partial charge on any atom is -0.366 e. The van der Waals surface area contributed by atoms with Gasteiger partial charge in [-0.3, -0.25) is 14.2 Å². The molecule has 1 amide bonds. The predicted octanol–water partition coefficient (Wildman–Crippen LogP) is 5.57. The summed E-state index contributed by atoms with van der Waals surface area (Å²) in [5.41, 5.74) is 8.45. The maximum Gasteiger partial charge on any atom is 0.268 e. The Kier molecular flexibility index (Phi) is 5.65. The molecule has 2 aromatic carbocycles. The molecule has 32 heavy (non-hydrogen) atoms. The number of nitrogens with two attached hydrogens (primary N) is 1. The quantitative estimate of drug-likeness (QED) is 0.257. The third-order valence-corrected chi connectivity index (χ3v) is 7.77. The molecule has 0 aliphatic heterocycles. The van der Waals surface area contributed by atoms with Crippen LogP contribution >= 0.6 is 34.4 Å². The Hall–Kier alpha value is -3.20. The van der Waals surface area contributed by atoms with Crippen molar-refractivity contribution >= 4 is 50.6 Å². The Balaban J connectivity index is 1.60. The normalized spacial score (nSPS) is 11.1. The van der Waals surface area contributed by atoms with E-state index in [0.29, 0.717) is 21.9 Å². The molecule has 0 unspecified atom stereocenters. The van der Waals surface area contributed by atoms with Crippen molar-refractivity contribution in [2.45, 2.75) is 10.9 Å². The number of fused-ring (bicyclic) bond motifs is 1. The van der Waals surface area contributed by atoms with E-state index in [2.05, 4.69) is 0 Å². The summed E-state index contributed by atoms with van der Waals surface area (Å²) < 4.78 is 1.69. The Labute approximate surface area is 196 Å². The molecule has 0 aliphatic rings. The van der Waals surface area contributed by atoms with E-state index in [1.54, 1.807) is 28.0 Å². The van der Waals surface area contributed by atoms with Crippen molar-refractivity contribution in [3.8, 4) is 16.1 Å². The molecule has 5 rings (SSSR count). The van der Waals surface area contributed by atoms with Crippen LogP contribution in [0.1, 0.15) is 15.9 Å². The molecule has 3 aromatic heterocycles. The highest BCUT2D eigenvalue weighted by molar-refractivity contribution is 7.98. The number of thiophene rings is 2. The average molecular weight is 476 g/mol. The number of para-hydroxylation sites is 1. The molecule has 0 aliphatic carbocycles. The van der Waals surface area contributed by atoms with Crippen molar-refractivity contribution in [3.63, 3.8) is 0 Å². The van der Waals surface area contributed by atoms with Gasteiger partial charge in [0.25, 0.3) is 5.56 Å². The molecule has 0 bridgehead atoms. The van der Waals surface area contributed by atoms with Gasteiger partial charge in [-0.15, -0.1) is 22.7 Å². The highest BCUT2D eigenvalue weighted by atomic mass is 32.2. The van der Waals surface area contributed by atoms with Crippen LogP contribution < -0.4 is 11.3 Å². The molecule has 5 nitrogen and oxygen atoms in total. The first kappa shape index (κ1) is 20.7. The van der Waals surface area contributed by atoms with E-state index in [0.717, 1.165) is 26.5 Å². The first-order valence-electron chi connectivity index (χ1n) is 9.77. The van der Waals surface area contributed by atoms with Gasteiger partial charge in [-0.1, -0.05) is 48.2 Å². The molecule has 5 aromatic rings. The number of aromatic nitrogens is 2. The third-order valence-electron chi connectivity index (χ3n) is 4.98. The third kappa shape index (κ3) is 3.88. The minimum absolute atomic E-state index is 0.0718. The van der Waals surface area contributed by atoms with E-state index in [1.807, 2.05) is 65.4 Å². The number of primary amides is 1. The summed E-state index contributed by atoms with van der Waals surface area (Å²) in [6, 6.07) is 20.8. The van der Waals surface area contributed by atoms with Gasteiger partial charge in [0.05, 0.1) is 11.1 Å². The number of benzene rings is 2. The van der Waals surface area contributed by atoms with Crippen molar-refractivity contribution in [2.24, 2.45) is 5.73 Å². The van der Waals surface area contributed by atoms with Crippen molar-refractivity contribution in [2.75, 3.05) is 0 Å². The molecule has 0 saturated heterocycles. The maximum atomic E-state index is 13.7. The Bertz CT molecular complexity index is 1450. The lowest BCUT2D eigenvalue weighted by atomic mass is 10.1. The summed E-state index contributed by atoms with van der Waals surface area (Å²) in [6.07, 6.45) is 0. The molecule has 8 heteroatoms. The van der Waals surface area contributed by atoms with Crippen LogP contribution in [0.5, 0.6) is 0 Å². The number of amides is 1. The fraction of sp³-hybridized carbons (Fsp3) is 0.0417. The van der Waals surface area contributed by atoms with Crippen LogP contribution in [0.2, 0.25) is 0 Å². The number of carbonyl (C=O) groups excluding carboxylic acids is 1. The molecule has 0 atom stereocenters. The zero-order valence-corrected chi connectivity index (χ0v) is 19.2. The second kappa shape index (κ2) is 8.74. The van der Waals surface area contributed by atoms with Crippen molar-refractivity contribution < 1.29 is 4.79 Å². The van der Waals surface area contributed by atoms with E-state index >= 15 is 0 Å². The SMILES string of the molecule is NC(=O)c1ccc(CSc2nc3scc(-c4cccs4)c3c(=O)n2-c2ccccc2)cc1. The second-order valence-electron chi connectivity index (χ2n) is 7.03. The zero-order valence-electron chi connectivity index (χ0n) is 16.7. The Morgan fingerprint density at radius 3 is 2.47 bits per heavy atom. The Morgan fingerprint density at radius 2 is 1.78 bits per heavy atom. The van der Waals surface area contributed by atoms with E-state index in [4.69, 9.17) is 10.7 Å². The van der Waals surface area contributed by atoms with Gasteiger partial charge in [0.15, 0.2) is 5.16 Å². The van der Waals surface area contributed by atoms with Gasteiger partial charge in [-0.25, -0.2) is 4.98 Å². The van der Waals surface area contributed by atoms with Gasteiger partial charge >= 0.3 is 0 Å². The first-order chi connectivity index (χ1) is 15.6. The number of hydrogen-bond acceptors (Lipinski definition) is 6. The summed E-state index contributed by atoms with van der Waals surface area (Å²) in [5.74, 6) is 0.154. The average Bonchev–Trinajstić information content (AvgIpc) is 3.48. The minimum atomic E-state index is -0.450. The highest BCUT2D eigenvalue weighted by Crippen LogP contribution is 2.35. The lowest BCUT2D eigenvalue weighted by Gasteiger charge is -2.12. The van der Waals surface area contributed by atoms with Gasteiger partial charge in [-0.05, 0) is 41.3 Å². The van der Waals surface area contributed by atoms with Gasteiger partial charge in [0.1, 0.15) is 4.83 Å². The lowest BCUT2D eigenvalue weighted by Crippen LogP contribution is -2.21. The molecule has 0 spiro atoms. The number of nitrogens with zero attached hydrogens (tertiary/aromatic N) is 2. The van der Waals surface area contributed by atoms with E-state index in [1.165, 1.54) is 23.1 Å². The van der Waals surface area contributed by atoms with Gasteiger partial charge in [0, 0.05) is 27.1 Å². The predicted molar refractivity (Wildman–Crippen MR) is 133 cm³/mol. The van der Waals surface area contributed by atoms with Crippen LogP contribution in [0.25, 0.3) is 26.3 Å². The summed E-state index contributed by atoms with van der Waals surface area (Å²) in [4.78, 5) is 31.7. The Morgan fingerprint density at radius 1 is 1.00 bits per heavy atom. The smallest absolute Gasteiger partial charge is 0.268 e. The molecule has 3 heterocycles. The molecule has 0 fully saturated rings. The standard InChI is InChI=1S/C24H17N3O2S3/c25-21(28)16-10-8-15(9-11-16)13-32-24-26-22-20(18(14-31-22)19-7-4-12-30-19)23(29)27(24)17-5-2-1-3-6-17/h1-12,14H,13H2,(H2,25,28). The number of carbonyl (C=O) groups is 1. The van der Waals surface area contributed by atoms with E-state index < -0.39 is 5.91 Å². The molecular weight excluding hydrogens is 458 g/mol. The number of hydrogen-bond donors (Lipinski definition) is 1. The van der Waals surface area contributed by atoms with Crippen LogP contribution in [0.3, 0.4) is 0 Å². The molecular formula is C24H17N3O2S3. The topological polar surface area (TPSA) is 78.0 Å². The second-order valence-corrected chi connectivity index (χ2v) is 9.78. The van der Waals surface area contributed by atoms with Crippen molar-refractivity contribution in [1.82, 2.24) is 9.55 Å². The maximum absolute atomic E-state index is 13.7. The van der Waals surface area contributed by atoms with Crippen molar-refractivity contribution in [3.05, 3.63) is 99.0 Å². The number of thioether (sulfide) groups is 1.